The van der Waals surface area contributed by atoms with Gasteiger partial charge in [0.1, 0.15) is 15.3 Å². The second-order valence-electron chi connectivity index (χ2n) is 6.42. The molecule has 0 amide bonds. The Balaban J connectivity index is 1.53. The van der Waals surface area contributed by atoms with E-state index in [4.69, 9.17) is 21.7 Å². The molecule has 7 heteroatoms. The topological polar surface area (TPSA) is 52.6 Å². The van der Waals surface area contributed by atoms with Gasteiger partial charge >= 0.3 is 11.9 Å². The number of unbranched alkanes of at least 4 members (excludes halogenated alkanes) is 1. The molecule has 154 valence electrons. The molecule has 2 aromatic carbocycles. The van der Waals surface area contributed by atoms with Gasteiger partial charge in [0, 0.05) is 17.4 Å². The largest absolute Gasteiger partial charge is 0.427 e. The first kappa shape index (κ1) is 22.1. The van der Waals surface area contributed by atoms with Crippen LogP contribution in [-0.2, 0) is 9.59 Å². The number of ether oxygens (including phenoxy) is 2. The molecule has 0 aliphatic carbocycles. The van der Waals surface area contributed by atoms with Crippen molar-refractivity contribution < 1.29 is 19.1 Å². The highest BCUT2D eigenvalue weighted by molar-refractivity contribution is 7.80. The van der Waals surface area contributed by atoms with Crippen LogP contribution in [-0.4, -0.2) is 11.9 Å². The van der Waals surface area contributed by atoms with Crippen LogP contribution in [0, 0.1) is 3.82 Å². The highest BCUT2D eigenvalue weighted by atomic mass is 32.9. The van der Waals surface area contributed by atoms with Gasteiger partial charge in [0.05, 0.1) is 0 Å². The molecule has 1 heterocycles. The van der Waals surface area contributed by atoms with Gasteiger partial charge in [-0.15, -0.1) is 0 Å². The number of esters is 2. The molecule has 0 unspecified atom stereocenters. The molecule has 0 saturated carbocycles. The van der Waals surface area contributed by atoms with Crippen LogP contribution in [0.5, 0.6) is 11.5 Å². The molecule has 3 rings (SSSR count). The first-order chi connectivity index (χ1) is 14.5. The summed E-state index contributed by atoms with van der Waals surface area (Å²) in [7, 11) is 3.19. The lowest BCUT2D eigenvalue weighted by Gasteiger charge is -2.04. The van der Waals surface area contributed by atoms with Gasteiger partial charge in [0.25, 0.3) is 0 Å². The summed E-state index contributed by atoms with van der Waals surface area (Å²) in [6.07, 6.45) is 5.18. The maximum Gasteiger partial charge on any atom is 0.336 e. The van der Waals surface area contributed by atoms with E-state index in [1.165, 1.54) is 6.08 Å². The van der Waals surface area contributed by atoms with Crippen molar-refractivity contribution in [1.82, 2.24) is 0 Å². The van der Waals surface area contributed by atoms with Gasteiger partial charge in [-0.05, 0) is 66.1 Å². The number of benzene rings is 2. The van der Waals surface area contributed by atoms with Crippen molar-refractivity contribution >= 4 is 50.9 Å². The average Bonchev–Trinajstić information content (AvgIpc) is 3.18. The van der Waals surface area contributed by atoms with Gasteiger partial charge in [-0.1, -0.05) is 58.4 Å². The van der Waals surface area contributed by atoms with Crippen LogP contribution >= 0.6 is 32.9 Å². The van der Waals surface area contributed by atoms with E-state index in [9.17, 15) is 9.59 Å². The van der Waals surface area contributed by atoms with E-state index in [1.54, 1.807) is 63.2 Å². The van der Waals surface area contributed by atoms with Crippen LogP contribution in [0.3, 0.4) is 0 Å². The zero-order valence-corrected chi connectivity index (χ0v) is 18.8. The lowest BCUT2D eigenvalue weighted by atomic mass is 10.2. The van der Waals surface area contributed by atoms with E-state index < -0.39 is 5.97 Å². The first-order valence-electron chi connectivity index (χ1n) is 9.45. The van der Waals surface area contributed by atoms with Crippen molar-refractivity contribution in [3.8, 4) is 21.9 Å². The smallest absolute Gasteiger partial charge is 0.336 e. The number of hydrogen-bond acceptors (Lipinski definition) is 7. The van der Waals surface area contributed by atoms with Gasteiger partial charge < -0.3 is 9.47 Å². The Morgan fingerprint density at radius 1 is 0.967 bits per heavy atom. The third kappa shape index (κ3) is 6.73. The third-order valence-corrected chi connectivity index (χ3v) is 6.99. The number of carbonyl (C=O) groups is 2. The average molecular weight is 457 g/mol. The molecule has 0 aliphatic rings. The van der Waals surface area contributed by atoms with Gasteiger partial charge in [-0.3, -0.25) is 4.79 Å². The van der Waals surface area contributed by atoms with Crippen molar-refractivity contribution in [2.75, 3.05) is 0 Å². The van der Waals surface area contributed by atoms with E-state index >= 15 is 0 Å². The molecule has 0 fully saturated rings. The minimum atomic E-state index is -0.469. The van der Waals surface area contributed by atoms with Gasteiger partial charge in [-0.25, -0.2) is 4.79 Å². The lowest BCUT2D eigenvalue weighted by Crippen LogP contribution is -2.07. The second-order valence-corrected chi connectivity index (χ2v) is 9.33. The van der Waals surface area contributed by atoms with Gasteiger partial charge in [-0.2, -0.15) is 0 Å². The Bertz CT molecular complexity index is 1080. The summed E-state index contributed by atoms with van der Waals surface area (Å²) < 4.78 is 11.5. The van der Waals surface area contributed by atoms with Crippen LogP contribution in [0.1, 0.15) is 31.7 Å². The van der Waals surface area contributed by atoms with Gasteiger partial charge in [0.2, 0.25) is 0 Å². The summed E-state index contributed by atoms with van der Waals surface area (Å²) in [4.78, 5) is 24.8. The summed E-state index contributed by atoms with van der Waals surface area (Å²) in [5, 5.41) is 0. The first-order valence-corrected chi connectivity index (χ1v) is 12.0. The molecular formula is C23H20O4S3. The predicted molar refractivity (Wildman–Crippen MR) is 125 cm³/mol. The SMILES string of the molecule is CCCCC(=O)Oc1ccc(/C=C/C(=O)Oc2ccc(-c3cc(=S)ss3)cc2)cc1. The molecule has 0 aliphatic heterocycles. The number of rotatable bonds is 8. The maximum atomic E-state index is 12.1. The molecule has 0 bridgehead atoms. The van der Waals surface area contributed by atoms with E-state index in [0.29, 0.717) is 17.9 Å². The van der Waals surface area contributed by atoms with Crippen LogP contribution in [0.2, 0.25) is 0 Å². The van der Waals surface area contributed by atoms with Crippen LogP contribution in [0.25, 0.3) is 16.5 Å². The summed E-state index contributed by atoms with van der Waals surface area (Å²) in [5.74, 6) is 0.259. The molecule has 3 aromatic rings. The Morgan fingerprint density at radius 2 is 1.63 bits per heavy atom. The highest BCUT2D eigenvalue weighted by Gasteiger charge is 2.05. The molecule has 30 heavy (non-hydrogen) atoms. The normalized spacial score (nSPS) is 10.8. The summed E-state index contributed by atoms with van der Waals surface area (Å²) in [6.45, 7) is 2.03. The minimum absolute atomic E-state index is 0.237. The van der Waals surface area contributed by atoms with Gasteiger partial charge in [0.15, 0.2) is 0 Å². The van der Waals surface area contributed by atoms with E-state index in [0.717, 1.165) is 32.7 Å². The zero-order chi connectivity index (χ0) is 21.3. The lowest BCUT2D eigenvalue weighted by molar-refractivity contribution is -0.134. The third-order valence-electron chi connectivity index (χ3n) is 4.08. The fraction of sp³-hybridized carbons (Fsp3) is 0.174. The standard InChI is InChI=1S/C23H20O4S3/c1-2-3-4-21(24)26-18-10-5-16(6-11-18)7-14-22(25)27-19-12-8-17(9-13-19)20-15-23(28)30-29-20/h5-15H,2-4H2,1H3/b14-7+. The predicted octanol–water partition coefficient (Wildman–Crippen LogP) is 6.92. The van der Waals surface area contributed by atoms with E-state index in [2.05, 4.69) is 0 Å². The Labute approximate surface area is 187 Å². The van der Waals surface area contributed by atoms with Crippen LogP contribution in [0.4, 0.5) is 0 Å². The summed E-state index contributed by atoms with van der Waals surface area (Å²) >= 11 is 5.16. The fourth-order valence-electron chi connectivity index (χ4n) is 2.52. The Hall–Kier alpha value is -2.61. The zero-order valence-electron chi connectivity index (χ0n) is 16.3. The molecule has 0 atom stereocenters. The Kier molecular flexibility index (Phi) is 8.07. The quantitative estimate of drug-likeness (QED) is 0.121. The minimum Gasteiger partial charge on any atom is -0.427 e. The number of carbonyl (C=O) groups excluding carboxylic acids is 2. The highest BCUT2D eigenvalue weighted by Crippen LogP contribution is 2.30. The van der Waals surface area contributed by atoms with Crippen molar-refractivity contribution in [2.24, 2.45) is 0 Å². The molecule has 0 saturated heterocycles. The fourth-order valence-corrected chi connectivity index (χ4v) is 4.93. The van der Waals surface area contributed by atoms with Crippen LogP contribution in [0.15, 0.2) is 60.7 Å². The van der Waals surface area contributed by atoms with E-state index in [1.807, 2.05) is 25.1 Å². The second kappa shape index (κ2) is 11.0. The Morgan fingerprint density at radius 3 is 2.27 bits per heavy atom. The number of hydrogen-bond donors (Lipinski definition) is 0. The van der Waals surface area contributed by atoms with E-state index in [-0.39, 0.29) is 5.97 Å². The molecule has 1 aromatic heterocycles. The molecule has 0 N–H and O–H groups in total. The van der Waals surface area contributed by atoms with Crippen molar-refractivity contribution in [3.63, 3.8) is 0 Å². The maximum absolute atomic E-state index is 12.1. The van der Waals surface area contributed by atoms with Crippen molar-refractivity contribution in [3.05, 3.63) is 70.1 Å². The molecule has 4 nitrogen and oxygen atoms in total. The van der Waals surface area contributed by atoms with Crippen LogP contribution < -0.4 is 9.47 Å². The summed E-state index contributed by atoms with van der Waals surface area (Å²) in [6, 6.07) is 16.2. The molecular weight excluding hydrogens is 436 g/mol. The molecule has 0 spiro atoms. The molecule has 0 radical (unpaired) electrons. The monoisotopic (exact) mass is 456 g/mol. The summed E-state index contributed by atoms with van der Waals surface area (Å²) in [5.41, 5.74) is 1.84. The van der Waals surface area contributed by atoms with Crippen molar-refractivity contribution in [2.45, 2.75) is 26.2 Å². The van der Waals surface area contributed by atoms with Crippen molar-refractivity contribution in [1.29, 1.82) is 0 Å².